The van der Waals surface area contributed by atoms with E-state index in [0.717, 1.165) is 32.1 Å². The van der Waals surface area contributed by atoms with Gasteiger partial charge in [0.15, 0.2) is 5.82 Å². The number of benzene rings is 1. The molecular weight excluding hydrogens is 438 g/mol. The first-order valence-corrected chi connectivity index (χ1v) is 8.26. The molecule has 0 aliphatic heterocycles. The Kier molecular flexibility index (Phi) is 5.20. The molecular formula is C14H13BrClIN2. The third kappa shape index (κ3) is 3.47. The van der Waals surface area contributed by atoms with Crippen molar-refractivity contribution in [2.24, 2.45) is 0 Å². The Morgan fingerprint density at radius 3 is 2.68 bits per heavy atom. The number of nitrogens with zero attached hydrogens (tertiary/aromatic N) is 2. The summed E-state index contributed by atoms with van der Waals surface area (Å²) in [4.78, 5) is 9.04. The Hall–Kier alpha value is -0.200. The van der Waals surface area contributed by atoms with Crippen LogP contribution in [0.5, 0.6) is 0 Å². The fourth-order valence-electron chi connectivity index (χ4n) is 1.79. The molecule has 0 saturated carbocycles. The molecule has 0 saturated heterocycles. The van der Waals surface area contributed by atoms with Crippen molar-refractivity contribution in [2.45, 2.75) is 26.7 Å². The van der Waals surface area contributed by atoms with E-state index in [2.05, 4.69) is 74.5 Å². The minimum atomic E-state index is 0.529. The first-order chi connectivity index (χ1) is 9.02. The van der Waals surface area contributed by atoms with Gasteiger partial charge in [0.2, 0.25) is 0 Å². The first-order valence-electron chi connectivity index (χ1n) is 6.01. The lowest BCUT2D eigenvalue weighted by atomic mass is 10.1. The largest absolute Gasteiger partial charge is 0.232 e. The number of hydrogen-bond donors (Lipinski definition) is 0. The number of aryl methyl sites for hydroxylation is 2. The highest BCUT2D eigenvalue weighted by atomic mass is 127. The molecule has 1 heterocycles. The molecule has 0 unspecified atom stereocenters. The van der Waals surface area contributed by atoms with Crippen LogP contribution in [-0.4, -0.2) is 9.97 Å². The first kappa shape index (κ1) is 15.2. The van der Waals surface area contributed by atoms with Gasteiger partial charge in [0.1, 0.15) is 5.15 Å². The van der Waals surface area contributed by atoms with Crippen molar-refractivity contribution >= 4 is 50.1 Å². The predicted molar refractivity (Wildman–Crippen MR) is 91.6 cm³/mol. The predicted octanol–water partition coefficient (Wildman–Crippen LogP) is 5.43. The fourth-order valence-corrected chi connectivity index (χ4v) is 3.16. The molecule has 19 heavy (non-hydrogen) atoms. The van der Waals surface area contributed by atoms with Gasteiger partial charge >= 0.3 is 0 Å². The molecule has 0 fully saturated rings. The van der Waals surface area contributed by atoms with E-state index < -0.39 is 0 Å². The van der Waals surface area contributed by atoms with E-state index in [0.29, 0.717) is 11.0 Å². The average molecular weight is 452 g/mol. The Morgan fingerprint density at radius 1 is 1.32 bits per heavy atom. The summed E-state index contributed by atoms with van der Waals surface area (Å²) < 4.78 is 1.94. The monoisotopic (exact) mass is 450 g/mol. The number of rotatable bonds is 3. The van der Waals surface area contributed by atoms with Gasteiger partial charge in [0.25, 0.3) is 0 Å². The Labute approximate surface area is 140 Å². The van der Waals surface area contributed by atoms with E-state index in [1.807, 2.05) is 6.07 Å². The highest BCUT2D eigenvalue weighted by Crippen LogP contribution is 2.30. The third-order valence-electron chi connectivity index (χ3n) is 2.73. The molecule has 1 aromatic carbocycles. The van der Waals surface area contributed by atoms with Crippen LogP contribution in [0.3, 0.4) is 0 Å². The zero-order valence-corrected chi connectivity index (χ0v) is 15.2. The van der Waals surface area contributed by atoms with E-state index in [1.165, 1.54) is 5.56 Å². The van der Waals surface area contributed by atoms with Crippen molar-refractivity contribution in [1.82, 2.24) is 9.97 Å². The van der Waals surface area contributed by atoms with E-state index in [4.69, 9.17) is 11.6 Å². The summed E-state index contributed by atoms with van der Waals surface area (Å²) in [6, 6.07) is 6.13. The van der Waals surface area contributed by atoms with Crippen LogP contribution in [0.15, 0.2) is 22.7 Å². The Bertz CT molecular complexity index is 617. The van der Waals surface area contributed by atoms with Crippen molar-refractivity contribution in [2.75, 3.05) is 0 Å². The van der Waals surface area contributed by atoms with Crippen molar-refractivity contribution < 1.29 is 0 Å². The Balaban J connectivity index is 2.56. The van der Waals surface area contributed by atoms with Gasteiger partial charge in [0.05, 0.1) is 9.26 Å². The molecule has 0 radical (unpaired) electrons. The van der Waals surface area contributed by atoms with E-state index in [-0.39, 0.29) is 0 Å². The SMILES string of the molecule is CCCc1nc(-c2ccc(C)cc2Br)nc(Cl)c1I. The lowest BCUT2D eigenvalue weighted by Gasteiger charge is -2.09. The summed E-state index contributed by atoms with van der Waals surface area (Å²) in [5.74, 6) is 0.681. The number of aromatic nitrogens is 2. The van der Waals surface area contributed by atoms with Crippen molar-refractivity contribution in [3.63, 3.8) is 0 Å². The zero-order valence-electron chi connectivity index (χ0n) is 10.7. The van der Waals surface area contributed by atoms with Crippen LogP contribution in [-0.2, 0) is 6.42 Å². The minimum Gasteiger partial charge on any atom is -0.232 e. The lowest BCUT2D eigenvalue weighted by Crippen LogP contribution is -2.01. The summed E-state index contributed by atoms with van der Waals surface area (Å²) in [5, 5.41) is 0.529. The van der Waals surface area contributed by atoms with Crippen LogP contribution in [0.4, 0.5) is 0 Å². The molecule has 1 aromatic heterocycles. The smallest absolute Gasteiger partial charge is 0.162 e. The summed E-state index contributed by atoms with van der Waals surface area (Å²) in [7, 11) is 0. The van der Waals surface area contributed by atoms with Gasteiger partial charge in [-0.15, -0.1) is 0 Å². The fraction of sp³-hybridized carbons (Fsp3) is 0.286. The van der Waals surface area contributed by atoms with Crippen LogP contribution in [0.25, 0.3) is 11.4 Å². The van der Waals surface area contributed by atoms with Gasteiger partial charge in [-0.2, -0.15) is 0 Å². The lowest BCUT2D eigenvalue weighted by molar-refractivity contribution is 0.867. The van der Waals surface area contributed by atoms with Gasteiger partial charge < -0.3 is 0 Å². The van der Waals surface area contributed by atoms with Crippen molar-refractivity contribution in [3.05, 3.63) is 42.7 Å². The van der Waals surface area contributed by atoms with Crippen LogP contribution in [0.1, 0.15) is 24.6 Å². The van der Waals surface area contributed by atoms with E-state index in [1.54, 1.807) is 0 Å². The minimum absolute atomic E-state index is 0.529. The maximum atomic E-state index is 6.21. The molecule has 0 aliphatic rings. The van der Waals surface area contributed by atoms with Crippen LogP contribution < -0.4 is 0 Å². The standard InChI is InChI=1S/C14H13BrClIN2/c1-3-4-11-12(17)13(16)19-14(18-11)9-6-5-8(2)7-10(9)15/h5-7H,3-4H2,1-2H3. The second-order valence-corrected chi connectivity index (χ2v) is 6.62. The second-order valence-electron chi connectivity index (χ2n) is 4.33. The van der Waals surface area contributed by atoms with Gasteiger partial charge in [0, 0.05) is 10.0 Å². The summed E-state index contributed by atoms with van der Waals surface area (Å²) in [6.07, 6.45) is 1.95. The van der Waals surface area contributed by atoms with Crippen LogP contribution in [0.2, 0.25) is 5.15 Å². The molecule has 2 aromatic rings. The molecule has 0 amide bonds. The zero-order chi connectivity index (χ0) is 14.0. The molecule has 0 spiro atoms. The molecule has 0 atom stereocenters. The van der Waals surface area contributed by atoms with Gasteiger partial charge in [-0.05, 0) is 53.6 Å². The van der Waals surface area contributed by atoms with Crippen molar-refractivity contribution in [3.8, 4) is 11.4 Å². The number of hydrogen-bond acceptors (Lipinski definition) is 2. The second kappa shape index (κ2) is 6.50. The molecule has 0 bridgehead atoms. The highest BCUT2D eigenvalue weighted by molar-refractivity contribution is 14.1. The normalized spacial score (nSPS) is 10.8. The summed E-state index contributed by atoms with van der Waals surface area (Å²) >= 11 is 12.0. The molecule has 0 aliphatic carbocycles. The number of halogens is 3. The van der Waals surface area contributed by atoms with E-state index in [9.17, 15) is 0 Å². The van der Waals surface area contributed by atoms with Gasteiger partial charge in [-0.1, -0.05) is 46.9 Å². The highest BCUT2D eigenvalue weighted by Gasteiger charge is 2.13. The summed E-state index contributed by atoms with van der Waals surface area (Å²) in [6.45, 7) is 4.19. The summed E-state index contributed by atoms with van der Waals surface area (Å²) in [5.41, 5.74) is 3.19. The van der Waals surface area contributed by atoms with Gasteiger partial charge in [-0.25, -0.2) is 9.97 Å². The molecule has 2 rings (SSSR count). The van der Waals surface area contributed by atoms with Crippen molar-refractivity contribution in [1.29, 1.82) is 0 Å². The quantitative estimate of drug-likeness (QED) is 0.460. The molecule has 100 valence electrons. The molecule has 2 nitrogen and oxygen atoms in total. The van der Waals surface area contributed by atoms with Crippen LogP contribution >= 0.6 is 50.1 Å². The maximum absolute atomic E-state index is 6.21. The molecule has 0 N–H and O–H groups in total. The van der Waals surface area contributed by atoms with E-state index >= 15 is 0 Å². The third-order valence-corrected chi connectivity index (χ3v) is 5.11. The average Bonchev–Trinajstić information content (AvgIpc) is 2.35. The van der Waals surface area contributed by atoms with Crippen LogP contribution in [0, 0.1) is 10.5 Å². The maximum Gasteiger partial charge on any atom is 0.162 e. The molecule has 5 heteroatoms. The topological polar surface area (TPSA) is 25.8 Å². The van der Waals surface area contributed by atoms with Gasteiger partial charge in [-0.3, -0.25) is 0 Å². The Morgan fingerprint density at radius 2 is 2.05 bits per heavy atom.